The van der Waals surface area contributed by atoms with Crippen LogP contribution in [0.4, 0.5) is 11.4 Å². The monoisotopic (exact) mass is 260 g/mol. The van der Waals surface area contributed by atoms with Crippen molar-refractivity contribution in [2.24, 2.45) is 0 Å². The van der Waals surface area contributed by atoms with E-state index >= 15 is 0 Å². The second-order valence-electron chi connectivity index (χ2n) is 6.13. The van der Waals surface area contributed by atoms with Gasteiger partial charge in [-0.05, 0) is 11.6 Å². The summed E-state index contributed by atoms with van der Waals surface area (Å²) in [5.74, 6) is 0.392. The molecule has 1 aromatic carbocycles. The van der Waals surface area contributed by atoms with Gasteiger partial charge in [0.2, 0.25) is 5.91 Å². The third-order valence-electron chi connectivity index (χ3n) is 4.70. The highest BCUT2D eigenvalue weighted by atomic mass is 16.5. The number of likely N-dealkylation sites (tertiary alicyclic amines) is 1. The summed E-state index contributed by atoms with van der Waals surface area (Å²) >= 11 is 0. The number of piperidine rings is 1. The van der Waals surface area contributed by atoms with Gasteiger partial charge >= 0.3 is 0 Å². The Kier molecular flexibility index (Phi) is 2.07. The number of fused-ring (bicyclic) bond motifs is 3. The predicted octanol–water partition coefficient (Wildman–Crippen LogP) is 1.15. The smallest absolute Gasteiger partial charge is 0.243 e. The second-order valence-corrected chi connectivity index (χ2v) is 6.13. The standard InChI is InChI=1S/C14H17N3O2/c1-17(19)6-5-12-10(8-17)9-3-2-4-11-14(9)16(12)7-13(18)15-11/h2-4,10,12,19H,5-8H2,1H3/p+1. The first kappa shape index (κ1) is 11.3. The van der Waals surface area contributed by atoms with Crippen LogP contribution in [0.2, 0.25) is 0 Å². The van der Waals surface area contributed by atoms with Crippen molar-refractivity contribution in [3.63, 3.8) is 0 Å². The lowest BCUT2D eigenvalue weighted by molar-refractivity contribution is -1.09. The van der Waals surface area contributed by atoms with Crippen LogP contribution in [-0.4, -0.2) is 48.5 Å². The summed E-state index contributed by atoms with van der Waals surface area (Å²) in [4.78, 5) is 14.1. The van der Waals surface area contributed by atoms with Crippen LogP contribution in [0.5, 0.6) is 0 Å². The van der Waals surface area contributed by atoms with E-state index in [2.05, 4.69) is 16.3 Å². The normalized spacial score (nSPS) is 35.7. The molecule has 1 fully saturated rings. The summed E-state index contributed by atoms with van der Waals surface area (Å²) < 4.78 is 0.0834. The lowest BCUT2D eigenvalue weighted by atomic mass is 9.89. The minimum absolute atomic E-state index is 0.0668. The molecular formula is C14H18N3O2+. The van der Waals surface area contributed by atoms with Gasteiger partial charge < -0.3 is 10.2 Å². The van der Waals surface area contributed by atoms with E-state index in [1.807, 2.05) is 19.2 Å². The Morgan fingerprint density at radius 3 is 3.16 bits per heavy atom. The number of hydrogen-bond acceptors (Lipinski definition) is 3. The summed E-state index contributed by atoms with van der Waals surface area (Å²) in [7, 11) is 1.87. The quantitative estimate of drug-likeness (QED) is 0.688. The maximum absolute atomic E-state index is 11.8. The van der Waals surface area contributed by atoms with E-state index in [-0.39, 0.29) is 10.6 Å². The van der Waals surface area contributed by atoms with Gasteiger partial charge in [0.15, 0.2) is 0 Å². The zero-order valence-corrected chi connectivity index (χ0v) is 11.0. The molecule has 3 aliphatic heterocycles. The van der Waals surface area contributed by atoms with E-state index in [9.17, 15) is 10.0 Å². The number of anilines is 2. The summed E-state index contributed by atoms with van der Waals surface area (Å²) in [5.41, 5.74) is 3.38. The molecule has 1 amide bonds. The van der Waals surface area contributed by atoms with Crippen LogP contribution >= 0.6 is 0 Å². The molecule has 100 valence electrons. The fourth-order valence-electron chi connectivity index (χ4n) is 3.92. The Hall–Kier alpha value is -1.59. The molecule has 0 radical (unpaired) electrons. The minimum atomic E-state index is 0.0668. The molecular weight excluding hydrogens is 242 g/mol. The van der Waals surface area contributed by atoms with Gasteiger partial charge in [-0.1, -0.05) is 12.1 Å². The number of hydrogen-bond donors (Lipinski definition) is 2. The van der Waals surface area contributed by atoms with E-state index in [0.717, 1.165) is 25.2 Å². The van der Waals surface area contributed by atoms with Crippen molar-refractivity contribution in [1.29, 1.82) is 0 Å². The highest BCUT2D eigenvalue weighted by Gasteiger charge is 2.49. The maximum atomic E-state index is 11.8. The molecule has 5 nitrogen and oxygen atoms in total. The number of nitrogens with zero attached hydrogens (tertiary/aromatic N) is 2. The number of carbonyl (C=O) groups excluding carboxylic acids is 1. The van der Waals surface area contributed by atoms with Crippen LogP contribution in [-0.2, 0) is 4.79 Å². The van der Waals surface area contributed by atoms with E-state index in [1.54, 1.807) is 0 Å². The number of quaternary nitrogens is 1. The molecule has 0 aliphatic carbocycles. The summed E-state index contributed by atoms with van der Waals surface area (Å²) in [5, 5.41) is 13.2. The van der Waals surface area contributed by atoms with E-state index in [1.165, 1.54) is 11.3 Å². The molecule has 19 heavy (non-hydrogen) atoms. The summed E-state index contributed by atoms with van der Waals surface area (Å²) in [6.45, 7) is 1.93. The van der Waals surface area contributed by atoms with E-state index in [4.69, 9.17) is 0 Å². The molecule has 3 heterocycles. The Balaban J connectivity index is 1.84. The van der Waals surface area contributed by atoms with Gasteiger partial charge in [-0.15, -0.1) is 0 Å². The Morgan fingerprint density at radius 1 is 1.47 bits per heavy atom. The number of rotatable bonds is 0. The average Bonchev–Trinajstić information content (AvgIpc) is 2.64. The fourth-order valence-corrected chi connectivity index (χ4v) is 3.92. The molecule has 0 aromatic heterocycles. The number of hydroxylamine groups is 3. The van der Waals surface area contributed by atoms with Gasteiger partial charge in [0, 0.05) is 12.5 Å². The second kappa shape index (κ2) is 3.49. The third-order valence-corrected chi connectivity index (χ3v) is 4.70. The van der Waals surface area contributed by atoms with Gasteiger partial charge in [0.05, 0.1) is 30.9 Å². The van der Waals surface area contributed by atoms with Crippen LogP contribution < -0.4 is 10.2 Å². The van der Waals surface area contributed by atoms with Gasteiger partial charge in [-0.3, -0.25) is 4.79 Å². The van der Waals surface area contributed by atoms with Crippen molar-refractivity contribution in [1.82, 2.24) is 0 Å². The van der Waals surface area contributed by atoms with Crippen LogP contribution in [0.25, 0.3) is 0 Å². The largest absolute Gasteiger partial charge is 0.356 e. The van der Waals surface area contributed by atoms with Crippen LogP contribution in [0.1, 0.15) is 17.9 Å². The average molecular weight is 260 g/mol. The first-order valence-corrected chi connectivity index (χ1v) is 6.82. The van der Waals surface area contributed by atoms with Crippen molar-refractivity contribution in [2.45, 2.75) is 18.4 Å². The molecule has 5 heteroatoms. The van der Waals surface area contributed by atoms with Gasteiger partial charge in [-0.25, -0.2) is 5.21 Å². The van der Waals surface area contributed by atoms with Crippen molar-refractivity contribution in [3.05, 3.63) is 23.8 Å². The molecule has 0 bridgehead atoms. The van der Waals surface area contributed by atoms with Crippen molar-refractivity contribution in [2.75, 3.05) is 36.9 Å². The van der Waals surface area contributed by atoms with Crippen LogP contribution in [0, 0.1) is 0 Å². The zero-order valence-electron chi connectivity index (χ0n) is 11.0. The number of amides is 1. The number of likely N-dealkylation sites (N-methyl/N-ethyl adjacent to an activating group) is 1. The SMILES string of the molecule is C[N+]1(O)CCC2C(C1)c1cccc3c1N2CC(=O)N3. The molecule has 0 saturated carbocycles. The molecule has 3 unspecified atom stereocenters. The first-order chi connectivity index (χ1) is 9.05. The van der Waals surface area contributed by atoms with E-state index in [0.29, 0.717) is 18.5 Å². The summed E-state index contributed by atoms with van der Waals surface area (Å²) in [6.07, 6.45) is 0.930. The van der Waals surface area contributed by atoms with Crippen molar-refractivity contribution < 1.29 is 14.6 Å². The number of carbonyl (C=O) groups is 1. The Morgan fingerprint density at radius 2 is 2.32 bits per heavy atom. The molecule has 0 spiro atoms. The molecule has 3 atom stereocenters. The number of nitrogens with one attached hydrogen (secondary N) is 1. The Labute approximate surface area is 112 Å². The Bertz CT molecular complexity index is 570. The number of para-hydroxylation sites is 1. The topological polar surface area (TPSA) is 52.6 Å². The lowest BCUT2D eigenvalue weighted by Gasteiger charge is -2.40. The first-order valence-electron chi connectivity index (χ1n) is 6.82. The highest BCUT2D eigenvalue weighted by Crippen LogP contribution is 2.49. The van der Waals surface area contributed by atoms with Gasteiger partial charge in [0.25, 0.3) is 0 Å². The van der Waals surface area contributed by atoms with Crippen molar-refractivity contribution in [3.8, 4) is 0 Å². The molecule has 2 N–H and O–H groups in total. The predicted molar refractivity (Wildman–Crippen MR) is 71.3 cm³/mol. The summed E-state index contributed by atoms with van der Waals surface area (Å²) in [6, 6.07) is 6.46. The van der Waals surface area contributed by atoms with Crippen molar-refractivity contribution >= 4 is 17.3 Å². The van der Waals surface area contributed by atoms with Crippen LogP contribution in [0.3, 0.4) is 0 Å². The van der Waals surface area contributed by atoms with Gasteiger partial charge in [-0.2, -0.15) is 4.65 Å². The molecule has 3 aliphatic rings. The van der Waals surface area contributed by atoms with E-state index < -0.39 is 0 Å². The molecule has 1 saturated heterocycles. The highest BCUT2D eigenvalue weighted by molar-refractivity contribution is 6.03. The molecule has 4 rings (SSSR count). The number of benzene rings is 1. The lowest BCUT2D eigenvalue weighted by Crippen LogP contribution is -2.55. The van der Waals surface area contributed by atoms with Crippen LogP contribution in [0.15, 0.2) is 18.2 Å². The molecule has 1 aromatic rings. The third kappa shape index (κ3) is 1.52. The van der Waals surface area contributed by atoms with Gasteiger partial charge in [0.1, 0.15) is 13.1 Å². The maximum Gasteiger partial charge on any atom is 0.243 e. The minimum Gasteiger partial charge on any atom is -0.356 e. The fraction of sp³-hybridized carbons (Fsp3) is 0.500. The zero-order chi connectivity index (χ0) is 13.2.